The lowest BCUT2D eigenvalue weighted by atomic mass is 9.68. The maximum Gasteiger partial charge on any atom is 0.0909 e. The molecule has 0 saturated heterocycles. The Morgan fingerprint density at radius 1 is 1.11 bits per heavy atom. The van der Waals surface area contributed by atoms with Crippen LogP contribution in [-0.2, 0) is 6.42 Å². The van der Waals surface area contributed by atoms with Gasteiger partial charge in [-0.05, 0) is 48.4 Å². The summed E-state index contributed by atoms with van der Waals surface area (Å²) < 4.78 is 0. The first-order chi connectivity index (χ1) is 8.79. The van der Waals surface area contributed by atoms with E-state index in [1.165, 1.54) is 0 Å². The number of aliphatic imine (C=N–C) groups is 1. The summed E-state index contributed by atoms with van der Waals surface area (Å²) in [5.41, 5.74) is 23.1. The largest absolute Gasteiger partial charge is 0.397 e. The van der Waals surface area contributed by atoms with Gasteiger partial charge in [-0.1, -0.05) is 20.8 Å². The number of fused-ring (bicyclic) bond motifs is 1. The van der Waals surface area contributed by atoms with Crippen molar-refractivity contribution in [1.82, 2.24) is 0 Å². The number of nitrogens with zero attached hydrogens (tertiary/aromatic N) is 1. The van der Waals surface area contributed by atoms with Gasteiger partial charge in [0.25, 0.3) is 0 Å². The smallest absolute Gasteiger partial charge is 0.0909 e. The number of nitrogen functional groups attached to an aromatic ring is 3. The van der Waals surface area contributed by atoms with E-state index in [0.717, 1.165) is 36.1 Å². The Morgan fingerprint density at radius 3 is 2.26 bits per heavy atom. The molecule has 0 radical (unpaired) electrons. The first-order valence-corrected chi connectivity index (χ1v) is 6.75. The van der Waals surface area contributed by atoms with Gasteiger partial charge in [0.2, 0.25) is 0 Å². The Kier molecular flexibility index (Phi) is 3.20. The van der Waals surface area contributed by atoms with Crippen LogP contribution in [0.2, 0.25) is 0 Å². The van der Waals surface area contributed by atoms with Gasteiger partial charge in [-0.25, -0.2) is 0 Å². The van der Waals surface area contributed by atoms with Gasteiger partial charge in [-0.15, -0.1) is 0 Å². The molecule has 104 valence electrons. The first kappa shape index (κ1) is 13.7. The lowest BCUT2D eigenvalue weighted by Gasteiger charge is -2.37. The molecule has 6 N–H and O–H groups in total. The van der Waals surface area contributed by atoms with Crippen LogP contribution in [0, 0.1) is 5.41 Å². The van der Waals surface area contributed by atoms with Gasteiger partial charge in [-0.2, -0.15) is 0 Å². The van der Waals surface area contributed by atoms with Gasteiger partial charge >= 0.3 is 0 Å². The average molecular weight is 260 g/mol. The third-order valence-electron chi connectivity index (χ3n) is 4.21. The Hall–Kier alpha value is -1.71. The van der Waals surface area contributed by atoms with Crippen LogP contribution in [0.5, 0.6) is 0 Å². The van der Waals surface area contributed by atoms with Crippen LogP contribution in [0.15, 0.2) is 4.99 Å². The fourth-order valence-electron chi connectivity index (χ4n) is 3.20. The summed E-state index contributed by atoms with van der Waals surface area (Å²) in [6.45, 7) is 10.3. The normalized spacial score (nSPS) is 19.0. The SMILES string of the molecule is C=Nc1c(N)c(N)c(N)c2c1CCCC2C(C)(C)C. The summed E-state index contributed by atoms with van der Waals surface area (Å²) in [7, 11) is 0. The van der Waals surface area contributed by atoms with Crippen LogP contribution in [0.3, 0.4) is 0 Å². The molecule has 0 aromatic heterocycles. The molecular formula is C15H24N4. The van der Waals surface area contributed by atoms with E-state index in [1.807, 2.05) is 0 Å². The monoisotopic (exact) mass is 260 g/mol. The summed E-state index contributed by atoms with van der Waals surface area (Å²) in [4.78, 5) is 4.09. The van der Waals surface area contributed by atoms with Gasteiger partial charge in [0.15, 0.2) is 0 Å². The Balaban J connectivity index is 2.77. The van der Waals surface area contributed by atoms with Crippen molar-refractivity contribution < 1.29 is 0 Å². The van der Waals surface area contributed by atoms with E-state index in [0.29, 0.717) is 23.0 Å². The molecule has 0 fully saturated rings. The highest BCUT2D eigenvalue weighted by atomic mass is 14.8. The van der Waals surface area contributed by atoms with Gasteiger partial charge in [0.1, 0.15) is 0 Å². The van der Waals surface area contributed by atoms with E-state index in [9.17, 15) is 0 Å². The fourth-order valence-corrected chi connectivity index (χ4v) is 3.20. The molecule has 1 aliphatic rings. The molecule has 1 aliphatic carbocycles. The van der Waals surface area contributed by atoms with Crippen molar-refractivity contribution in [3.8, 4) is 0 Å². The van der Waals surface area contributed by atoms with E-state index >= 15 is 0 Å². The number of benzene rings is 1. The zero-order chi connectivity index (χ0) is 14.4. The van der Waals surface area contributed by atoms with E-state index in [-0.39, 0.29) is 5.41 Å². The highest BCUT2D eigenvalue weighted by Crippen LogP contribution is 2.52. The number of hydrogen-bond acceptors (Lipinski definition) is 4. The predicted octanol–water partition coefficient (Wildman–Crippen LogP) is 3.23. The van der Waals surface area contributed by atoms with Crippen LogP contribution in [0.1, 0.15) is 50.7 Å². The molecule has 0 bridgehead atoms. The maximum atomic E-state index is 6.25. The van der Waals surface area contributed by atoms with Gasteiger partial charge in [-0.3, -0.25) is 4.99 Å². The molecule has 0 heterocycles. The van der Waals surface area contributed by atoms with Crippen LogP contribution in [0.25, 0.3) is 0 Å². The van der Waals surface area contributed by atoms with E-state index in [2.05, 4.69) is 32.5 Å². The van der Waals surface area contributed by atoms with Crippen molar-refractivity contribution in [1.29, 1.82) is 0 Å². The predicted molar refractivity (Wildman–Crippen MR) is 84.0 cm³/mol. The second-order valence-electron chi connectivity index (χ2n) is 6.45. The highest BCUT2D eigenvalue weighted by molar-refractivity contribution is 5.91. The summed E-state index contributed by atoms with van der Waals surface area (Å²) in [5, 5.41) is 0. The Bertz CT molecular complexity index is 526. The van der Waals surface area contributed by atoms with Crippen molar-refractivity contribution >= 4 is 29.5 Å². The number of rotatable bonds is 1. The quantitative estimate of drug-likeness (QED) is 0.535. The molecular weight excluding hydrogens is 236 g/mol. The fraction of sp³-hybridized carbons (Fsp3) is 0.533. The third kappa shape index (κ3) is 2.05. The molecule has 1 atom stereocenters. The van der Waals surface area contributed by atoms with Gasteiger partial charge in [0, 0.05) is 0 Å². The average Bonchev–Trinajstić information content (AvgIpc) is 2.35. The highest BCUT2D eigenvalue weighted by Gasteiger charge is 2.34. The molecule has 1 aromatic rings. The minimum atomic E-state index is 0.143. The number of hydrogen-bond donors (Lipinski definition) is 3. The van der Waals surface area contributed by atoms with Crippen LogP contribution < -0.4 is 17.2 Å². The van der Waals surface area contributed by atoms with Crippen molar-refractivity contribution in [2.24, 2.45) is 10.4 Å². The second-order valence-corrected chi connectivity index (χ2v) is 6.45. The van der Waals surface area contributed by atoms with Gasteiger partial charge in [0.05, 0.1) is 22.7 Å². The van der Waals surface area contributed by atoms with Crippen molar-refractivity contribution in [2.45, 2.75) is 46.0 Å². The minimum Gasteiger partial charge on any atom is -0.397 e. The van der Waals surface area contributed by atoms with Crippen molar-refractivity contribution in [2.75, 3.05) is 17.2 Å². The lowest BCUT2D eigenvalue weighted by Crippen LogP contribution is -2.25. The molecule has 0 spiro atoms. The summed E-state index contributed by atoms with van der Waals surface area (Å²) in [6, 6.07) is 0. The third-order valence-corrected chi connectivity index (χ3v) is 4.21. The first-order valence-electron chi connectivity index (χ1n) is 6.75. The van der Waals surface area contributed by atoms with Crippen molar-refractivity contribution in [3.05, 3.63) is 11.1 Å². The molecule has 0 saturated carbocycles. The Morgan fingerprint density at radius 2 is 1.74 bits per heavy atom. The standard InChI is InChI=1S/C15H24N4/c1-15(2,3)9-7-5-6-8-10(9)11(16)12(17)13(18)14(8)19-4/h9H,4-7,16-18H2,1-3H3. The zero-order valence-corrected chi connectivity index (χ0v) is 12.1. The van der Waals surface area contributed by atoms with Crippen LogP contribution in [0.4, 0.5) is 22.7 Å². The molecule has 0 aliphatic heterocycles. The summed E-state index contributed by atoms with van der Waals surface area (Å²) in [6.07, 6.45) is 3.20. The number of nitrogens with two attached hydrogens (primary N) is 3. The van der Waals surface area contributed by atoms with E-state index in [4.69, 9.17) is 17.2 Å². The number of anilines is 3. The molecule has 4 heteroatoms. The summed E-state index contributed by atoms with van der Waals surface area (Å²) >= 11 is 0. The topological polar surface area (TPSA) is 90.4 Å². The van der Waals surface area contributed by atoms with Gasteiger partial charge < -0.3 is 17.2 Å². The van der Waals surface area contributed by atoms with E-state index < -0.39 is 0 Å². The lowest BCUT2D eigenvalue weighted by molar-refractivity contribution is 0.291. The molecule has 1 unspecified atom stereocenters. The molecule has 19 heavy (non-hydrogen) atoms. The maximum absolute atomic E-state index is 6.25. The van der Waals surface area contributed by atoms with E-state index in [1.54, 1.807) is 0 Å². The van der Waals surface area contributed by atoms with Crippen LogP contribution in [-0.4, -0.2) is 6.72 Å². The summed E-state index contributed by atoms with van der Waals surface area (Å²) in [5.74, 6) is 0.389. The molecule has 4 nitrogen and oxygen atoms in total. The molecule has 1 aromatic carbocycles. The second kappa shape index (κ2) is 4.44. The molecule has 2 rings (SSSR count). The Labute approximate surface area is 115 Å². The molecule has 0 amide bonds. The minimum absolute atomic E-state index is 0.143. The zero-order valence-electron chi connectivity index (χ0n) is 12.1. The van der Waals surface area contributed by atoms with Crippen molar-refractivity contribution in [3.63, 3.8) is 0 Å². The van der Waals surface area contributed by atoms with Crippen LogP contribution >= 0.6 is 0 Å².